The zero-order valence-corrected chi connectivity index (χ0v) is 22.6. The first-order chi connectivity index (χ1) is 20.1. The van der Waals surface area contributed by atoms with Gasteiger partial charge in [0.1, 0.15) is 29.3 Å². The van der Waals surface area contributed by atoms with E-state index in [0.29, 0.717) is 30.2 Å². The van der Waals surface area contributed by atoms with Crippen molar-refractivity contribution in [2.24, 2.45) is 0 Å². The van der Waals surface area contributed by atoms with Crippen molar-refractivity contribution >= 4 is 27.3 Å². The van der Waals surface area contributed by atoms with Crippen molar-refractivity contribution in [2.45, 2.75) is 37.5 Å². The van der Waals surface area contributed by atoms with Crippen LogP contribution in [-0.4, -0.2) is 47.6 Å². The van der Waals surface area contributed by atoms with Gasteiger partial charge in [-0.15, -0.1) is 0 Å². The van der Waals surface area contributed by atoms with Gasteiger partial charge in [0, 0.05) is 30.7 Å². The fourth-order valence-corrected chi connectivity index (χ4v) is 4.82. The summed E-state index contributed by atoms with van der Waals surface area (Å²) in [6.07, 6.45) is 4.28. The fraction of sp³-hybridized carbons (Fsp3) is 0.296. The van der Waals surface area contributed by atoms with Gasteiger partial charge in [-0.25, -0.2) is 17.8 Å². The molecule has 0 radical (unpaired) electrons. The van der Waals surface area contributed by atoms with Gasteiger partial charge in [0.05, 0.1) is 30.8 Å². The monoisotopic (exact) mass is 589 g/mol. The molecule has 0 spiro atoms. The lowest BCUT2D eigenvalue weighted by molar-refractivity contribution is 0.0844. The van der Waals surface area contributed by atoms with E-state index in [4.69, 9.17) is 10.8 Å². The van der Waals surface area contributed by atoms with E-state index in [1.807, 2.05) is 4.72 Å². The first-order valence-corrected chi connectivity index (χ1v) is 14.2. The van der Waals surface area contributed by atoms with Crippen LogP contribution in [0.5, 0.6) is 5.75 Å². The molecule has 5 rings (SSSR count). The number of benzene rings is 2. The van der Waals surface area contributed by atoms with Crippen LogP contribution < -0.4 is 14.8 Å². The smallest absolute Gasteiger partial charge is 0.355 e. The standard InChI is InChI=1S/C27H27F3N6O4S/c1-16(17-2-5-20(28)6-3-17)40-24-12-19(4-7-21(24)36-41(37,38)27(29)30)22-13-25(35-34-22)33-26-15-31-23(14-32-26)18-8-10-39-11-9-18/h2-7,12-16,18,27,36H,8-11H2,1H3,(H2,32,33,34,35)/t16-/m0/s1/i13D. The van der Waals surface area contributed by atoms with Crippen LogP contribution in [0, 0.1) is 5.82 Å². The molecular weight excluding hydrogens is 561 g/mol. The second-order valence-electron chi connectivity index (χ2n) is 9.34. The van der Waals surface area contributed by atoms with Gasteiger partial charge in [0.15, 0.2) is 0 Å². The van der Waals surface area contributed by atoms with Crippen LogP contribution in [0.25, 0.3) is 11.3 Å². The molecule has 216 valence electrons. The number of ether oxygens (including phenoxy) is 2. The maximum Gasteiger partial charge on any atom is 0.355 e. The van der Waals surface area contributed by atoms with Crippen LogP contribution in [0.4, 0.5) is 30.5 Å². The van der Waals surface area contributed by atoms with Gasteiger partial charge in [-0.2, -0.15) is 13.9 Å². The van der Waals surface area contributed by atoms with Crippen LogP contribution in [0.2, 0.25) is 0 Å². The molecule has 1 aliphatic heterocycles. The first-order valence-electron chi connectivity index (χ1n) is 13.2. The number of alkyl halides is 2. The topological polar surface area (TPSA) is 131 Å². The molecule has 1 atom stereocenters. The summed E-state index contributed by atoms with van der Waals surface area (Å²) in [6, 6.07) is 9.44. The molecule has 2 aromatic heterocycles. The van der Waals surface area contributed by atoms with Crippen molar-refractivity contribution in [2.75, 3.05) is 23.3 Å². The number of aromatic nitrogens is 4. The lowest BCUT2D eigenvalue weighted by atomic mass is 9.97. The minimum Gasteiger partial charge on any atom is -0.484 e. The second kappa shape index (κ2) is 12.1. The third-order valence-corrected chi connectivity index (χ3v) is 7.45. The van der Waals surface area contributed by atoms with E-state index >= 15 is 0 Å². The summed E-state index contributed by atoms with van der Waals surface area (Å²) in [5.41, 5.74) is 1.69. The highest BCUT2D eigenvalue weighted by Crippen LogP contribution is 2.35. The Balaban J connectivity index is 1.40. The minimum absolute atomic E-state index is 0.0382. The van der Waals surface area contributed by atoms with Crippen LogP contribution in [0.3, 0.4) is 0 Å². The number of hydrogen-bond acceptors (Lipinski definition) is 8. The Morgan fingerprint density at radius 1 is 1.12 bits per heavy atom. The van der Waals surface area contributed by atoms with Crippen molar-refractivity contribution in [1.82, 2.24) is 20.2 Å². The Hall–Kier alpha value is -4.17. The molecule has 1 saturated heterocycles. The maximum atomic E-state index is 13.4. The molecule has 0 amide bonds. The molecule has 41 heavy (non-hydrogen) atoms. The Morgan fingerprint density at radius 2 is 1.88 bits per heavy atom. The van der Waals surface area contributed by atoms with Crippen molar-refractivity contribution in [3.05, 3.63) is 78.0 Å². The molecule has 1 aliphatic rings. The molecule has 2 aromatic carbocycles. The number of sulfonamides is 1. The number of nitrogens with one attached hydrogen (secondary N) is 3. The van der Waals surface area contributed by atoms with Gasteiger partial charge in [0.25, 0.3) is 10.0 Å². The number of rotatable bonds is 10. The molecule has 3 heterocycles. The van der Waals surface area contributed by atoms with E-state index in [9.17, 15) is 21.6 Å². The van der Waals surface area contributed by atoms with Gasteiger partial charge in [-0.3, -0.25) is 14.8 Å². The normalized spacial score (nSPS) is 15.4. The largest absolute Gasteiger partial charge is 0.484 e. The number of nitrogens with zero attached hydrogens (tertiary/aromatic N) is 3. The first kappa shape index (κ1) is 27.0. The molecule has 0 bridgehead atoms. The fourth-order valence-electron chi connectivity index (χ4n) is 4.26. The van der Waals surface area contributed by atoms with Crippen molar-refractivity contribution in [3.8, 4) is 17.0 Å². The Kier molecular flexibility index (Phi) is 8.00. The molecule has 14 heteroatoms. The van der Waals surface area contributed by atoms with Crippen LogP contribution in [0.1, 0.15) is 44.4 Å². The van der Waals surface area contributed by atoms with Crippen molar-refractivity contribution in [1.29, 1.82) is 0 Å². The number of anilines is 3. The molecule has 1 fully saturated rings. The number of aromatic amines is 1. The molecule has 3 N–H and O–H groups in total. The Bertz CT molecular complexity index is 1630. The van der Waals surface area contributed by atoms with E-state index in [1.54, 1.807) is 19.3 Å². The molecule has 0 unspecified atom stereocenters. The predicted molar refractivity (Wildman–Crippen MR) is 146 cm³/mol. The molecule has 4 aromatic rings. The van der Waals surface area contributed by atoms with Gasteiger partial charge in [-0.05, 0) is 49.6 Å². The van der Waals surface area contributed by atoms with E-state index in [0.717, 1.165) is 18.5 Å². The highest BCUT2D eigenvalue weighted by atomic mass is 32.2. The van der Waals surface area contributed by atoms with Gasteiger partial charge < -0.3 is 14.8 Å². The summed E-state index contributed by atoms with van der Waals surface area (Å²) in [7, 11) is -5.01. The highest BCUT2D eigenvalue weighted by Gasteiger charge is 2.26. The van der Waals surface area contributed by atoms with E-state index < -0.39 is 27.7 Å². The van der Waals surface area contributed by atoms with Crippen LogP contribution in [0.15, 0.2) is 60.9 Å². The van der Waals surface area contributed by atoms with Crippen LogP contribution in [-0.2, 0) is 14.8 Å². The zero-order chi connectivity index (χ0) is 29.9. The van der Waals surface area contributed by atoms with Crippen molar-refractivity contribution < 1.29 is 32.4 Å². The van der Waals surface area contributed by atoms with E-state index in [1.165, 1.54) is 42.5 Å². The van der Waals surface area contributed by atoms with Gasteiger partial charge >= 0.3 is 5.76 Å². The van der Waals surface area contributed by atoms with E-state index in [2.05, 4.69) is 25.5 Å². The lowest BCUT2D eigenvalue weighted by Crippen LogP contribution is -2.21. The number of H-pyrrole nitrogens is 1. The SMILES string of the molecule is [2H]c1c(-c2ccc(NS(=O)(=O)C(F)F)c(O[C@@H](C)c3ccc(F)cc3)c2)n[nH]c1Nc1cnc(C2CCOCC2)cn1. The van der Waals surface area contributed by atoms with Gasteiger partial charge in [-0.1, -0.05) is 18.2 Å². The summed E-state index contributed by atoms with van der Waals surface area (Å²) in [4.78, 5) is 8.89. The Morgan fingerprint density at radius 3 is 2.56 bits per heavy atom. The van der Waals surface area contributed by atoms with Crippen LogP contribution >= 0.6 is 0 Å². The maximum absolute atomic E-state index is 13.4. The third-order valence-electron chi connectivity index (χ3n) is 6.47. The lowest BCUT2D eigenvalue weighted by Gasteiger charge is -2.21. The average molecular weight is 590 g/mol. The summed E-state index contributed by atoms with van der Waals surface area (Å²) in [5, 5.41) is 9.92. The molecule has 10 nitrogen and oxygen atoms in total. The molecular formula is C27H27F3N6O4S. The predicted octanol–water partition coefficient (Wildman–Crippen LogP) is 5.75. The van der Waals surface area contributed by atoms with E-state index in [-0.39, 0.29) is 34.9 Å². The summed E-state index contributed by atoms with van der Waals surface area (Å²) >= 11 is 0. The Labute approximate surface area is 235 Å². The number of hydrogen-bond donors (Lipinski definition) is 3. The molecule has 0 saturated carbocycles. The number of halogens is 3. The molecule has 0 aliphatic carbocycles. The summed E-state index contributed by atoms with van der Waals surface area (Å²) in [6.45, 7) is 3.00. The average Bonchev–Trinajstić information content (AvgIpc) is 3.34. The zero-order valence-electron chi connectivity index (χ0n) is 22.8. The second-order valence-corrected chi connectivity index (χ2v) is 11.0. The minimum atomic E-state index is -5.01. The summed E-state index contributed by atoms with van der Waals surface area (Å²) < 4.78 is 85.2. The highest BCUT2D eigenvalue weighted by molar-refractivity contribution is 7.93. The summed E-state index contributed by atoms with van der Waals surface area (Å²) in [5.74, 6) is -3.33. The quantitative estimate of drug-likeness (QED) is 0.213. The third kappa shape index (κ3) is 6.95. The van der Waals surface area contributed by atoms with Gasteiger partial charge in [0.2, 0.25) is 0 Å². The van der Waals surface area contributed by atoms with Crippen molar-refractivity contribution in [3.63, 3.8) is 0 Å².